The Morgan fingerprint density at radius 3 is 2.06 bits per heavy atom. The second-order valence-corrected chi connectivity index (χ2v) is 7.13. The highest BCUT2D eigenvalue weighted by Crippen LogP contribution is 2.08. The van der Waals surface area contributed by atoms with Crippen molar-refractivity contribution < 1.29 is 8.85 Å². The molecule has 1 aromatic carbocycles. The van der Waals surface area contributed by atoms with Crippen molar-refractivity contribution in [2.75, 3.05) is 0 Å². The molecule has 0 N–H and O–H groups in total. The number of hydrogen-bond acceptors (Lipinski definition) is 2. The molecule has 0 aliphatic rings. The molecule has 0 spiro atoms. The lowest BCUT2D eigenvalue weighted by Crippen LogP contribution is -2.42. The van der Waals surface area contributed by atoms with Gasteiger partial charge in [-0.2, -0.15) is 0 Å². The van der Waals surface area contributed by atoms with E-state index < -0.39 is 9.28 Å². The number of halogens is 1. The third-order valence-corrected chi connectivity index (χ3v) is 5.72. The fourth-order valence-corrected chi connectivity index (χ4v) is 4.78. The molecule has 0 heterocycles. The van der Waals surface area contributed by atoms with Crippen LogP contribution >= 0.6 is 22.6 Å². The molecule has 0 unspecified atom stereocenters. The maximum Gasteiger partial charge on any atom is 0.356 e. The van der Waals surface area contributed by atoms with Gasteiger partial charge in [-0.1, -0.05) is 46.9 Å². The highest BCUT2D eigenvalue weighted by atomic mass is 127. The zero-order valence-electron chi connectivity index (χ0n) is 10.9. The highest BCUT2D eigenvalue weighted by molar-refractivity contribution is 14.1. The van der Waals surface area contributed by atoms with E-state index in [0.29, 0.717) is 0 Å². The molecule has 0 fully saturated rings. The third-order valence-electron chi connectivity index (χ3n) is 2.24. The summed E-state index contributed by atoms with van der Waals surface area (Å²) in [4.78, 5) is 0. The predicted octanol–water partition coefficient (Wildman–Crippen LogP) is 2.90. The standard InChI is InChI=1S/C13H21IO2Si/c1-10(2)15-17(16-11(3)4)13-8-6-5-7-12(13)9-14/h5-8,10-11,17H,9H2,1-4H3. The minimum atomic E-state index is -1.77. The molecule has 0 aliphatic carbocycles. The van der Waals surface area contributed by atoms with Crippen LogP contribution in [0.1, 0.15) is 33.3 Å². The van der Waals surface area contributed by atoms with Gasteiger partial charge in [-0.05, 0) is 38.4 Å². The molecule has 0 atom stereocenters. The van der Waals surface area contributed by atoms with Crippen molar-refractivity contribution in [1.82, 2.24) is 0 Å². The number of benzene rings is 1. The van der Waals surface area contributed by atoms with Gasteiger partial charge in [0.2, 0.25) is 0 Å². The maximum atomic E-state index is 6.00. The summed E-state index contributed by atoms with van der Waals surface area (Å²) in [6, 6.07) is 8.46. The molecule has 4 heteroatoms. The van der Waals surface area contributed by atoms with E-state index in [1.165, 1.54) is 10.8 Å². The molecule has 2 nitrogen and oxygen atoms in total. The van der Waals surface area contributed by atoms with E-state index in [9.17, 15) is 0 Å². The molecular formula is C13H21IO2Si. The van der Waals surface area contributed by atoms with Gasteiger partial charge in [0.25, 0.3) is 0 Å². The molecule has 0 bridgehead atoms. The van der Waals surface area contributed by atoms with Gasteiger partial charge in [0.1, 0.15) is 0 Å². The van der Waals surface area contributed by atoms with Crippen molar-refractivity contribution in [2.24, 2.45) is 0 Å². The van der Waals surface area contributed by atoms with Gasteiger partial charge < -0.3 is 8.85 Å². The summed E-state index contributed by atoms with van der Waals surface area (Å²) >= 11 is 2.39. The molecule has 0 amide bonds. The van der Waals surface area contributed by atoms with Crippen LogP contribution in [0.15, 0.2) is 24.3 Å². The van der Waals surface area contributed by atoms with E-state index in [4.69, 9.17) is 8.85 Å². The molecule has 96 valence electrons. The summed E-state index contributed by atoms with van der Waals surface area (Å²) in [6.45, 7) is 8.26. The van der Waals surface area contributed by atoms with Crippen LogP contribution in [0.3, 0.4) is 0 Å². The van der Waals surface area contributed by atoms with E-state index in [1.807, 2.05) is 0 Å². The lowest BCUT2D eigenvalue weighted by molar-refractivity contribution is 0.139. The number of alkyl halides is 1. The smallest absolute Gasteiger partial charge is 0.356 e. The Kier molecular flexibility index (Phi) is 6.69. The predicted molar refractivity (Wildman–Crippen MR) is 83.4 cm³/mol. The average Bonchev–Trinajstić information content (AvgIpc) is 2.27. The minimum absolute atomic E-state index is 0.215. The van der Waals surface area contributed by atoms with Crippen LogP contribution in [0.4, 0.5) is 0 Å². The normalized spacial score (nSPS) is 11.8. The molecular weight excluding hydrogens is 343 g/mol. The van der Waals surface area contributed by atoms with Gasteiger partial charge >= 0.3 is 9.28 Å². The van der Waals surface area contributed by atoms with Crippen LogP contribution in [0, 0.1) is 0 Å². The summed E-state index contributed by atoms with van der Waals surface area (Å²) in [7, 11) is -1.77. The molecule has 0 radical (unpaired) electrons. The molecule has 1 rings (SSSR count). The Hall–Kier alpha value is 0.0869. The first-order valence-electron chi connectivity index (χ1n) is 5.99. The molecule has 0 saturated carbocycles. The molecule has 0 saturated heterocycles. The topological polar surface area (TPSA) is 18.5 Å². The van der Waals surface area contributed by atoms with Crippen LogP contribution < -0.4 is 5.19 Å². The van der Waals surface area contributed by atoms with Gasteiger partial charge in [-0.25, -0.2) is 0 Å². The minimum Gasteiger partial charge on any atom is -0.391 e. The fraction of sp³-hybridized carbons (Fsp3) is 0.538. The van der Waals surface area contributed by atoms with Crippen molar-refractivity contribution in [3.63, 3.8) is 0 Å². The van der Waals surface area contributed by atoms with Crippen molar-refractivity contribution >= 4 is 37.1 Å². The Labute approximate surface area is 120 Å². The van der Waals surface area contributed by atoms with Gasteiger partial charge in [0, 0.05) is 16.6 Å². The van der Waals surface area contributed by atoms with E-state index >= 15 is 0 Å². The zero-order valence-corrected chi connectivity index (χ0v) is 14.3. The van der Waals surface area contributed by atoms with Crippen LogP contribution in [0.25, 0.3) is 0 Å². The molecule has 0 aliphatic heterocycles. The van der Waals surface area contributed by atoms with Crippen molar-refractivity contribution in [1.29, 1.82) is 0 Å². The Balaban J connectivity index is 2.94. The van der Waals surface area contributed by atoms with Crippen LogP contribution in [0.2, 0.25) is 0 Å². The van der Waals surface area contributed by atoms with Crippen molar-refractivity contribution in [2.45, 2.75) is 44.3 Å². The third kappa shape index (κ3) is 5.07. The van der Waals surface area contributed by atoms with E-state index in [1.54, 1.807) is 0 Å². The summed E-state index contributed by atoms with van der Waals surface area (Å²) in [5, 5.41) is 1.28. The molecule has 1 aromatic rings. The zero-order chi connectivity index (χ0) is 12.8. The monoisotopic (exact) mass is 364 g/mol. The van der Waals surface area contributed by atoms with E-state index in [-0.39, 0.29) is 12.2 Å². The fourth-order valence-electron chi connectivity index (χ4n) is 1.56. The number of hydrogen-bond donors (Lipinski definition) is 0. The Morgan fingerprint density at radius 1 is 1.06 bits per heavy atom. The van der Waals surface area contributed by atoms with Gasteiger partial charge in [-0.3, -0.25) is 0 Å². The Bertz CT molecular complexity index is 332. The van der Waals surface area contributed by atoms with Crippen molar-refractivity contribution in [3.05, 3.63) is 29.8 Å². The molecule has 17 heavy (non-hydrogen) atoms. The second kappa shape index (κ2) is 7.51. The van der Waals surface area contributed by atoms with Gasteiger partial charge in [-0.15, -0.1) is 0 Å². The summed E-state index contributed by atoms with van der Waals surface area (Å²) in [5.74, 6) is 0. The summed E-state index contributed by atoms with van der Waals surface area (Å²) in [5.41, 5.74) is 1.34. The summed E-state index contributed by atoms with van der Waals surface area (Å²) in [6.07, 6.45) is 0.431. The lowest BCUT2D eigenvalue weighted by Gasteiger charge is -2.23. The molecule has 0 aromatic heterocycles. The first-order valence-corrected chi connectivity index (χ1v) is 9.03. The van der Waals surface area contributed by atoms with E-state index in [2.05, 4.69) is 74.6 Å². The van der Waals surface area contributed by atoms with Crippen molar-refractivity contribution in [3.8, 4) is 0 Å². The average molecular weight is 364 g/mol. The first-order chi connectivity index (χ1) is 8.04. The lowest BCUT2D eigenvalue weighted by atomic mass is 10.2. The second-order valence-electron chi connectivity index (χ2n) is 4.53. The van der Waals surface area contributed by atoms with Gasteiger partial charge in [0.05, 0.1) is 0 Å². The van der Waals surface area contributed by atoms with E-state index in [0.717, 1.165) is 4.43 Å². The number of rotatable bonds is 6. The highest BCUT2D eigenvalue weighted by Gasteiger charge is 2.22. The van der Waals surface area contributed by atoms with Crippen LogP contribution in [-0.2, 0) is 13.3 Å². The van der Waals surface area contributed by atoms with Crippen LogP contribution in [-0.4, -0.2) is 21.5 Å². The quantitative estimate of drug-likeness (QED) is 0.439. The van der Waals surface area contributed by atoms with Gasteiger partial charge in [0.15, 0.2) is 0 Å². The first kappa shape index (κ1) is 15.1. The Morgan fingerprint density at radius 2 is 1.59 bits per heavy atom. The summed E-state index contributed by atoms with van der Waals surface area (Å²) < 4.78 is 13.0. The van der Waals surface area contributed by atoms with Crippen LogP contribution in [0.5, 0.6) is 0 Å². The maximum absolute atomic E-state index is 6.00. The SMILES string of the molecule is CC(C)O[SiH](OC(C)C)c1ccccc1CI. The largest absolute Gasteiger partial charge is 0.391 e.